The zero-order chi connectivity index (χ0) is 13.3. The number of rotatable bonds is 3. The number of hydrogen-bond donors (Lipinski definition) is 1. The minimum atomic E-state index is -0.637. The van der Waals surface area contributed by atoms with Gasteiger partial charge in [-0.2, -0.15) is 0 Å². The first-order chi connectivity index (χ1) is 8.44. The van der Waals surface area contributed by atoms with Crippen LogP contribution in [0.25, 0.3) is 0 Å². The molecule has 4 heteroatoms. The van der Waals surface area contributed by atoms with Crippen molar-refractivity contribution in [3.63, 3.8) is 0 Å². The highest BCUT2D eigenvalue weighted by Gasteiger charge is 2.42. The number of hydrogen-bond acceptors (Lipinski definition) is 2. The molecule has 1 aliphatic carbocycles. The minimum absolute atomic E-state index is 0.0165. The van der Waals surface area contributed by atoms with Gasteiger partial charge in [0.25, 0.3) is 0 Å². The van der Waals surface area contributed by atoms with Gasteiger partial charge in [-0.15, -0.1) is 0 Å². The van der Waals surface area contributed by atoms with Crippen molar-refractivity contribution >= 4 is 17.5 Å². The van der Waals surface area contributed by atoms with E-state index in [1.165, 1.54) is 0 Å². The molecule has 1 unspecified atom stereocenters. The van der Waals surface area contributed by atoms with Gasteiger partial charge in [-0.25, -0.2) is 0 Å². The summed E-state index contributed by atoms with van der Waals surface area (Å²) in [5.74, 6) is 0.0289. The molecule has 3 nitrogen and oxygen atoms in total. The van der Waals surface area contributed by atoms with Crippen LogP contribution in [-0.2, 0) is 4.79 Å². The normalized spacial score (nSPS) is 18.9. The van der Waals surface area contributed by atoms with E-state index in [0.29, 0.717) is 5.02 Å². The van der Waals surface area contributed by atoms with Crippen molar-refractivity contribution < 1.29 is 4.79 Å². The molecule has 18 heavy (non-hydrogen) atoms. The maximum Gasteiger partial charge on any atom is 0.242 e. The van der Waals surface area contributed by atoms with Crippen LogP contribution in [0, 0.1) is 0 Å². The molecule has 0 saturated heterocycles. The highest BCUT2D eigenvalue weighted by atomic mass is 35.5. The molecule has 0 radical (unpaired) electrons. The fraction of sp³-hybridized carbons (Fsp3) is 0.500. The molecule has 0 bridgehead atoms. The lowest BCUT2D eigenvalue weighted by molar-refractivity contribution is -0.140. The third kappa shape index (κ3) is 2.38. The van der Waals surface area contributed by atoms with Crippen LogP contribution in [0.1, 0.15) is 37.8 Å². The third-order valence-corrected chi connectivity index (χ3v) is 4.14. The number of carbonyl (C=O) groups is 1. The van der Waals surface area contributed by atoms with Crippen LogP contribution < -0.4 is 5.73 Å². The van der Waals surface area contributed by atoms with Crippen LogP contribution >= 0.6 is 11.6 Å². The monoisotopic (exact) mass is 266 g/mol. The van der Waals surface area contributed by atoms with Gasteiger partial charge < -0.3 is 10.6 Å². The molecule has 1 amide bonds. The Morgan fingerprint density at radius 2 is 2.17 bits per heavy atom. The molecule has 2 rings (SSSR count). The SMILES string of the molecule is CC(c1cccc(Cl)c1)N(C)C(=O)C1(N)CCC1. The maximum atomic E-state index is 12.3. The number of benzene rings is 1. The zero-order valence-corrected chi connectivity index (χ0v) is 11.6. The molecule has 0 aromatic heterocycles. The summed E-state index contributed by atoms with van der Waals surface area (Å²) in [4.78, 5) is 14.0. The Labute approximate surface area is 113 Å². The number of nitrogens with two attached hydrogens (primary N) is 1. The first-order valence-electron chi connectivity index (χ1n) is 6.26. The van der Waals surface area contributed by atoms with Crippen molar-refractivity contribution in [1.82, 2.24) is 4.90 Å². The van der Waals surface area contributed by atoms with Gasteiger partial charge in [0, 0.05) is 12.1 Å². The van der Waals surface area contributed by atoms with Crippen LogP contribution in [0.15, 0.2) is 24.3 Å². The molecule has 1 aliphatic rings. The van der Waals surface area contributed by atoms with E-state index in [2.05, 4.69) is 0 Å². The van der Waals surface area contributed by atoms with E-state index in [4.69, 9.17) is 17.3 Å². The molecular formula is C14H19ClN2O. The molecule has 0 aliphatic heterocycles. The Kier molecular flexibility index (Phi) is 3.64. The first-order valence-corrected chi connectivity index (χ1v) is 6.63. The van der Waals surface area contributed by atoms with Gasteiger partial charge in [0.05, 0.1) is 11.6 Å². The molecule has 1 atom stereocenters. The van der Waals surface area contributed by atoms with Crippen molar-refractivity contribution in [2.24, 2.45) is 5.73 Å². The summed E-state index contributed by atoms with van der Waals surface area (Å²) in [6.45, 7) is 1.99. The number of carbonyl (C=O) groups excluding carboxylic acids is 1. The largest absolute Gasteiger partial charge is 0.337 e. The molecule has 2 N–H and O–H groups in total. The lowest BCUT2D eigenvalue weighted by Crippen LogP contribution is -2.59. The molecule has 1 aromatic rings. The van der Waals surface area contributed by atoms with Gasteiger partial charge in [0.2, 0.25) is 5.91 Å². The Hall–Kier alpha value is -1.06. The average Bonchev–Trinajstić information content (AvgIpc) is 2.33. The fourth-order valence-electron chi connectivity index (χ4n) is 2.29. The summed E-state index contributed by atoms with van der Waals surface area (Å²) >= 11 is 5.97. The summed E-state index contributed by atoms with van der Waals surface area (Å²) in [6, 6.07) is 7.58. The lowest BCUT2D eigenvalue weighted by atomic mass is 9.76. The quantitative estimate of drug-likeness (QED) is 0.914. The fourth-order valence-corrected chi connectivity index (χ4v) is 2.49. The first kappa shape index (κ1) is 13.4. The van der Waals surface area contributed by atoms with Crippen molar-refractivity contribution in [3.8, 4) is 0 Å². The second-order valence-electron chi connectivity index (χ2n) is 5.16. The molecule has 1 fully saturated rings. The second kappa shape index (κ2) is 4.90. The minimum Gasteiger partial charge on any atom is -0.337 e. The Morgan fingerprint density at radius 3 is 2.67 bits per heavy atom. The number of halogens is 1. The topological polar surface area (TPSA) is 46.3 Å². The van der Waals surface area contributed by atoms with Crippen LogP contribution in [-0.4, -0.2) is 23.4 Å². The summed E-state index contributed by atoms with van der Waals surface area (Å²) in [5, 5.41) is 0.686. The van der Waals surface area contributed by atoms with Crippen LogP contribution in [0.4, 0.5) is 0 Å². The number of nitrogens with zero attached hydrogens (tertiary/aromatic N) is 1. The predicted molar refractivity (Wildman–Crippen MR) is 73.4 cm³/mol. The van der Waals surface area contributed by atoms with Gasteiger partial charge in [0.15, 0.2) is 0 Å². The second-order valence-corrected chi connectivity index (χ2v) is 5.59. The summed E-state index contributed by atoms with van der Waals surface area (Å²) < 4.78 is 0. The van der Waals surface area contributed by atoms with E-state index < -0.39 is 5.54 Å². The van der Waals surface area contributed by atoms with Crippen LogP contribution in [0.2, 0.25) is 5.02 Å². The van der Waals surface area contributed by atoms with Gasteiger partial charge in [-0.3, -0.25) is 4.79 Å². The molecule has 1 aromatic carbocycles. The van der Waals surface area contributed by atoms with Crippen molar-refractivity contribution in [1.29, 1.82) is 0 Å². The van der Waals surface area contributed by atoms with Crippen molar-refractivity contribution in [2.75, 3.05) is 7.05 Å². The molecule has 1 saturated carbocycles. The summed E-state index contributed by atoms with van der Waals surface area (Å²) in [5.41, 5.74) is 6.47. The Bertz CT molecular complexity index is 457. The zero-order valence-electron chi connectivity index (χ0n) is 10.8. The molecular weight excluding hydrogens is 248 g/mol. The van der Waals surface area contributed by atoms with Crippen molar-refractivity contribution in [3.05, 3.63) is 34.9 Å². The van der Waals surface area contributed by atoms with E-state index in [1.807, 2.05) is 31.2 Å². The number of likely N-dealkylation sites (N-methyl/N-ethyl adjacent to an activating group) is 1. The highest BCUT2D eigenvalue weighted by molar-refractivity contribution is 6.30. The third-order valence-electron chi connectivity index (χ3n) is 3.90. The highest BCUT2D eigenvalue weighted by Crippen LogP contribution is 2.33. The lowest BCUT2D eigenvalue weighted by Gasteiger charge is -2.41. The number of amides is 1. The van der Waals surface area contributed by atoms with E-state index in [1.54, 1.807) is 11.9 Å². The summed E-state index contributed by atoms with van der Waals surface area (Å²) in [6.07, 6.45) is 2.62. The Morgan fingerprint density at radius 1 is 1.50 bits per heavy atom. The smallest absolute Gasteiger partial charge is 0.242 e. The molecule has 0 heterocycles. The van der Waals surface area contributed by atoms with Gasteiger partial charge >= 0.3 is 0 Å². The van der Waals surface area contributed by atoms with E-state index in [0.717, 1.165) is 24.8 Å². The van der Waals surface area contributed by atoms with Gasteiger partial charge in [-0.1, -0.05) is 23.7 Å². The van der Waals surface area contributed by atoms with E-state index in [-0.39, 0.29) is 11.9 Å². The van der Waals surface area contributed by atoms with E-state index in [9.17, 15) is 4.79 Å². The molecule has 0 spiro atoms. The van der Waals surface area contributed by atoms with Gasteiger partial charge in [0.1, 0.15) is 0 Å². The van der Waals surface area contributed by atoms with Crippen molar-refractivity contribution in [2.45, 2.75) is 37.8 Å². The standard InChI is InChI=1S/C14H19ClN2O/c1-10(11-5-3-6-12(15)9-11)17(2)13(18)14(16)7-4-8-14/h3,5-6,9-10H,4,7-8,16H2,1-2H3. The average molecular weight is 267 g/mol. The van der Waals surface area contributed by atoms with Crippen LogP contribution in [0.3, 0.4) is 0 Å². The van der Waals surface area contributed by atoms with Gasteiger partial charge in [-0.05, 0) is 43.9 Å². The maximum absolute atomic E-state index is 12.3. The summed E-state index contributed by atoms with van der Waals surface area (Å²) in [7, 11) is 1.81. The predicted octanol–water partition coefficient (Wildman–Crippen LogP) is 2.74. The van der Waals surface area contributed by atoms with Crippen LogP contribution in [0.5, 0.6) is 0 Å². The Balaban J connectivity index is 2.13. The van der Waals surface area contributed by atoms with E-state index >= 15 is 0 Å². The molecule has 98 valence electrons.